The molecule has 1 N–H and O–H groups in total. The van der Waals surface area contributed by atoms with Crippen LogP contribution in [0.2, 0.25) is 0 Å². The summed E-state index contributed by atoms with van der Waals surface area (Å²) in [6, 6.07) is 0. The zero-order chi connectivity index (χ0) is 28.5. The standard InChI is InChI=1S/C32H53BrO7/c1-4-5-17-32(2,3)28(40-31-14-7-9-19-37-31)16-15-22-23-20-27(24(33)11-10-12-29(34)35)38-26(23)21-25(22)39-30-13-6-8-18-36-30/h15-16,22-28,30-31H,4-14,17-21H2,1-3H3,(H,34,35)/b16-15+/t22-,23-,24?,25-,26-,27?,28-,30?,31?/m1/s1. The summed E-state index contributed by atoms with van der Waals surface area (Å²) < 4.78 is 31.9. The summed E-state index contributed by atoms with van der Waals surface area (Å²) in [6.45, 7) is 8.44. The highest BCUT2D eigenvalue weighted by Gasteiger charge is 2.51. The van der Waals surface area contributed by atoms with Gasteiger partial charge in [-0.3, -0.25) is 4.79 Å². The molecule has 3 heterocycles. The Bertz CT molecular complexity index is 792. The van der Waals surface area contributed by atoms with Crippen molar-refractivity contribution in [2.75, 3.05) is 13.2 Å². The predicted molar refractivity (Wildman–Crippen MR) is 158 cm³/mol. The van der Waals surface area contributed by atoms with E-state index >= 15 is 0 Å². The minimum atomic E-state index is -0.740. The van der Waals surface area contributed by atoms with Crippen LogP contribution in [0.15, 0.2) is 12.2 Å². The van der Waals surface area contributed by atoms with Crippen LogP contribution in [0.3, 0.4) is 0 Å². The smallest absolute Gasteiger partial charge is 0.303 e. The molecule has 0 bridgehead atoms. The third kappa shape index (κ3) is 9.24. The average Bonchev–Trinajstić information content (AvgIpc) is 3.49. The number of rotatable bonds is 15. The zero-order valence-electron chi connectivity index (χ0n) is 24.9. The highest BCUT2D eigenvalue weighted by atomic mass is 79.9. The normalized spacial score (nSPS) is 34.6. The van der Waals surface area contributed by atoms with Crippen molar-refractivity contribution in [2.24, 2.45) is 17.3 Å². The minimum absolute atomic E-state index is 0.00599. The fourth-order valence-corrected chi connectivity index (χ4v) is 7.53. The molecule has 1 saturated carbocycles. The number of carboxylic acid groups (broad SMARTS) is 1. The van der Waals surface area contributed by atoms with Crippen LogP contribution < -0.4 is 0 Å². The average molecular weight is 630 g/mol. The number of fused-ring (bicyclic) bond motifs is 1. The number of aliphatic carboxylic acids is 1. The van der Waals surface area contributed by atoms with E-state index < -0.39 is 5.97 Å². The summed E-state index contributed by atoms with van der Waals surface area (Å²) in [5.74, 6) is -0.157. The number of hydrogen-bond donors (Lipinski definition) is 1. The van der Waals surface area contributed by atoms with Crippen molar-refractivity contribution >= 4 is 21.9 Å². The zero-order valence-corrected chi connectivity index (χ0v) is 26.5. The Morgan fingerprint density at radius 3 is 2.45 bits per heavy atom. The molecule has 7 nitrogen and oxygen atoms in total. The van der Waals surface area contributed by atoms with E-state index in [2.05, 4.69) is 48.9 Å². The molecule has 230 valence electrons. The van der Waals surface area contributed by atoms with Crippen LogP contribution in [0.1, 0.15) is 111 Å². The lowest BCUT2D eigenvalue weighted by molar-refractivity contribution is -0.198. The van der Waals surface area contributed by atoms with E-state index in [1.165, 1.54) is 12.8 Å². The number of ether oxygens (including phenoxy) is 5. The van der Waals surface area contributed by atoms with Gasteiger partial charge >= 0.3 is 5.97 Å². The lowest BCUT2D eigenvalue weighted by Crippen LogP contribution is -2.37. The Morgan fingerprint density at radius 2 is 1.80 bits per heavy atom. The van der Waals surface area contributed by atoms with Crippen molar-refractivity contribution < 1.29 is 33.6 Å². The summed E-state index contributed by atoms with van der Waals surface area (Å²) in [5.41, 5.74) is -0.00599. The number of hydrogen-bond acceptors (Lipinski definition) is 6. The van der Waals surface area contributed by atoms with Gasteiger partial charge < -0.3 is 28.8 Å². The van der Waals surface area contributed by atoms with E-state index in [9.17, 15) is 4.79 Å². The Morgan fingerprint density at radius 1 is 1.07 bits per heavy atom. The summed E-state index contributed by atoms with van der Waals surface area (Å²) in [4.78, 5) is 11.2. The number of carbonyl (C=O) groups is 1. The first kappa shape index (κ1) is 32.4. The largest absolute Gasteiger partial charge is 0.481 e. The summed E-state index contributed by atoms with van der Waals surface area (Å²) in [7, 11) is 0. The Labute approximate surface area is 250 Å². The van der Waals surface area contributed by atoms with Crippen molar-refractivity contribution in [1.29, 1.82) is 0 Å². The Kier molecular flexibility index (Phi) is 12.8. The predicted octanol–water partition coefficient (Wildman–Crippen LogP) is 7.39. The maximum Gasteiger partial charge on any atom is 0.303 e. The van der Waals surface area contributed by atoms with Crippen LogP contribution in [-0.4, -0.2) is 66.1 Å². The van der Waals surface area contributed by atoms with Crippen LogP contribution in [-0.2, 0) is 28.5 Å². The topological polar surface area (TPSA) is 83.5 Å². The van der Waals surface area contributed by atoms with E-state index in [-0.39, 0.29) is 59.6 Å². The van der Waals surface area contributed by atoms with E-state index in [0.717, 1.165) is 77.4 Å². The van der Waals surface area contributed by atoms with Crippen molar-refractivity contribution in [3.63, 3.8) is 0 Å². The molecule has 4 unspecified atom stereocenters. The molecule has 3 aliphatic heterocycles. The second-order valence-electron chi connectivity index (χ2n) is 13.0. The van der Waals surface area contributed by atoms with E-state index in [1.54, 1.807) is 0 Å². The van der Waals surface area contributed by atoms with Gasteiger partial charge in [0.15, 0.2) is 12.6 Å². The van der Waals surface area contributed by atoms with Gasteiger partial charge in [-0.25, -0.2) is 0 Å². The second-order valence-corrected chi connectivity index (χ2v) is 14.2. The lowest BCUT2D eigenvalue weighted by atomic mass is 9.80. The van der Waals surface area contributed by atoms with Gasteiger partial charge in [0.25, 0.3) is 0 Å². The van der Waals surface area contributed by atoms with Crippen molar-refractivity contribution in [3.05, 3.63) is 12.2 Å². The van der Waals surface area contributed by atoms with Crippen LogP contribution in [0.4, 0.5) is 0 Å². The van der Waals surface area contributed by atoms with Gasteiger partial charge in [-0.2, -0.15) is 0 Å². The molecule has 0 aromatic rings. The SMILES string of the molecule is CCCCC(C)(C)[C@@H](/C=C/[C@@H]1[C@H]2CC(C(Br)CCCC(=O)O)O[C@@H]2C[C@H]1OC1CCCCO1)OC1CCCCO1. The monoisotopic (exact) mass is 628 g/mol. The number of carboxylic acids is 1. The maximum absolute atomic E-state index is 11.0. The number of halogens is 1. The Hall–Kier alpha value is -0.510. The molecule has 40 heavy (non-hydrogen) atoms. The quantitative estimate of drug-likeness (QED) is 0.149. The summed E-state index contributed by atoms with van der Waals surface area (Å²) >= 11 is 3.82. The summed E-state index contributed by atoms with van der Waals surface area (Å²) in [6.07, 6.45) is 18.0. The molecular weight excluding hydrogens is 576 g/mol. The fraction of sp³-hybridized carbons (Fsp3) is 0.906. The molecular formula is C32H53BrO7. The fourth-order valence-electron chi connectivity index (χ4n) is 6.87. The number of alkyl halides is 1. The van der Waals surface area contributed by atoms with Crippen LogP contribution in [0, 0.1) is 17.3 Å². The highest BCUT2D eigenvalue weighted by molar-refractivity contribution is 9.09. The van der Waals surface area contributed by atoms with Gasteiger partial charge in [-0.1, -0.05) is 61.7 Å². The minimum Gasteiger partial charge on any atom is -0.481 e. The van der Waals surface area contributed by atoms with Crippen LogP contribution >= 0.6 is 15.9 Å². The van der Waals surface area contributed by atoms with E-state index in [0.29, 0.717) is 12.3 Å². The van der Waals surface area contributed by atoms with Crippen molar-refractivity contribution in [2.45, 2.75) is 152 Å². The van der Waals surface area contributed by atoms with Gasteiger partial charge in [-0.15, -0.1) is 0 Å². The van der Waals surface area contributed by atoms with Gasteiger partial charge in [0, 0.05) is 36.8 Å². The lowest BCUT2D eigenvalue weighted by Gasteiger charge is -2.36. The molecule has 4 rings (SSSR count). The van der Waals surface area contributed by atoms with Crippen molar-refractivity contribution in [3.8, 4) is 0 Å². The van der Waals surface area contributed by atoms with Gasteiger partial charge in [0.2, 0.25) is 0 Å². The molecule has 0 radical (unpaired) electrons. The molecule has 4 fully saturated rings. The molecule has 0 spiro atoms. The summed E-state index contributed by atoms with van der Waals surface area (Å²) in [5, 5.41) is 9.04. The first-order chi connectivity index (χ1) is 19.3. The van der Waals surface area contributed by atoms with E-state index in [1.807, 2.05) is 0 Å². The first-order valence-electron chi connectivity index (χ1n) is 16.0. The van der Waals surface area contributed by atoms with Crippen molar-refractivity contribution in [1.82, 2.24) is 0 Å². The molecule has 3 saturated heterocycles. The third-order valence-corrected chi connectivity index (χ3v) is 10.4. The molecule has 1 aliphatic carbocycles. The molecule has 4 aliphatic rings. The molecule has 0 aromatic heterocycles. The molecule has 0 aromatic carbocycles. The van der Waals surface area contributed by atoms with Crippen LogP contribution in [0.5, 0.6) is 0 Å². The van der Waals surface area contributed by atoms with Gasteiger partial charge in [0.1, 0.15) is 0 Å². The number of unbranched alkanes of at least 4 members (excludes halogenated alkanes) is 1. The third-order valence-electron chi connectivity index (χ3n) is 9.35. The Balaban J connectivity index is 1.48. The second kappa shape index (κ2) is 15.8. The van der Waals surface area contributed by atoms with Gasteiger partial charge in [-0.05, 0) is 75.5 Å². The first-order valence-corrected chi connectivity index (χ1v) is 16.9. The van der Waals surface area contributed by atoms with E-state index in [4.69, 9.17) is 28.8 Å². The van der Waals surface area contributed by atoms with Gasteiger partial charge in [0.05, 0.1) is 24.4 Å². The van der Waals surface area contributed by atoms with Crippen LogP contribution in [0.25, 0.3) is 0 Å². The highest BCUT2D eigenvalue weighted by Crippen LogP contribution is 2.48. The maximum atomic E-state index is 11.0. The molecule has 9 atom stereocenters. The molecule has 8 heteroatoms. The molecule has 0 amide bonds.